The first-order valence-corrected chi connectivity index (χ1v) is 5.99. The van der Waals surface area contributed by atoms with Gasteiger partial charge in [0.25, 0.3) is 0 Å². The highest BCUT2D eigenvalue weighted by atomic mass is 32.1. The molecule has 0 saturated heterocycles. The molecule has 0 aliphatic heterocycles. The largest absolute Gasteiger partial charge is 0.357 e. The molecular weight excluding hydrogens is 196 g/mol. The lowest BCUT2D eigenvalue weighted by Gasteiger charge is -2.21. The Balaban J connectivity index is 1.89. The summed E-state index contributed by atoms with van der Waals surface area (Å²) in [6.45, 7) is 0.490. The van der Waals surface area contributed by atoms with Crippen LogP contribution in [-0.4, -0.2) is 16.2 Å². The molecule has 1 aromatic heterocycles. The Bertz CT molecular complexity index is 280. The molecule has 0 spiro atoms. The van der Waals surface area contributed by atoms with Gasteiger partial charge in [0.15, 0.2) is 0 Å². The smallest absolute Gasteiger partial charge is 0.205 e. The van der Waals surface area contributed by atoms with E-state index in [4.69, 9.17) is 5.73 Å². The SMILES string of the molecule is NCc1nnc(NC2CCCCC2)s1. The lowest BCUT2D eigenvalue weighted by Crippen LogP contribution is -2.21. The first kappa shape index (κ1) is 9.86. The molecule has 0 bridgehead atoms. The van der Waals surface area contributed by atoms with Crippen LogP contribution in [0.3, 0.4) is 0 Å². The molecule has 3 N–H and O–H groups in total. The predicted octanol–water partition coefficient (Wildman–Crippen LogP) is 1.74. The number of nitrogens with two attached hydrogens (primary N) is 1. The summed E-state index contributed by atoms with van der Waals surface area (Å²) >= 11 is 1.57. The number of anilines is 1. The monoisotopic (exact) mass is 212 g/mol. The van der Waals surface area contributed by atoms with Crippen molar-refractivity contribution in [3.8, 4) is 0 Å². The average Bonchev–Trinajstić information content (AvgIpc) is 2.67. The third-order valence-corrected chi connectivity index (χ3v) is 3.45. The van der Waals surface area contributed by atoms with Crippen molar-refractivity contribution in [3.05, 3.63) is 5.01 Å². The number of rotatable bonds is 3. The van der Waals surface area contributed by atoms with Gasteiger partial charge in [0.05, 0.1) is 0 Å². The van der Waals surface area contributed by atoms with E-state index >= 15 is 0 Å². The van der Waals surface area contributed by atoms with Crippen LogP contribution in [0.25, 0.3) is 0 Å². The van der Waals surface area contributed by atoms with Crippen molar-refractivity contribution >= 4 is 16.5 Å². The molecule has 0 amide bonds. The van der Waals surface area contributed by atoms with Crippen LogP contribution in [0.1, 0.15) is 37.1 Å². The molecular formula is C9H16N4S. The van der Waals surface area contributed by atoms with E-state index in [1.54, 1.807) is 11.3 Å². The molecule has 0 atom stereocenters. The molecule has 2 rings (SSSR count). The topological polar surface area (TPSA) is 63.8 Å². The molecule has 1 saturated carbocycles. The fourth-order valence-electron chi connectivity index (χ4n) is 1.82. The van der Waals surface area contributed by atoms with Crippen LogP contribution in [0.15, 0.2) is 0 Å². The minimum atomic E-state index is 0.490. The Morgan fingerprint density at radius 3 is 2.71 bits per heavy atom. The van der Waals surface area contributed by atoms with Crippen molar-refractivity contribution < 1.29 is 0 Å². The van der Waals surface area contributed by atoms with Gasteiger partial charge in [-0.05, 0) is 12.8 Å². The Hall–Kier alpha value is -0.680. The number of nitrogens with one attached hydrogen (secondary N) is 1. The van der Waals surface area contributed by atoms with E-state index in [-0.39, 0.29) is 0 Å². The van der Waals surface area contributed by atoms with Gasteiger partial charge in [-0.25, -0.2) is 0 Å². The summed E-state index contributed by atoms with van der Waals surface area (Å²) in [7, 11) is 0. The van der Waals surface area contributed by atoms with Crippen molar-refractivity contribution in [2.45, 2.75) is 44.7 Å². The van der Waals surface area contributed by atoms with Crippen molar-refractivity contribution in [2.24, 2.45) is 5.73 Å². The van der Waals surface area contributed by atoms with E-state index in [0.29, 0.717) is 12.6 Å². The number of hydrogen-bond donors (Lipinski definition) is 2. The van der Waals surface area contributed by atoms with E-state index in [1.165, 1.54) is 32.1 Å². The lowest BCUT2D eigenvalue weighted by atomic mass is 9.96. The van der Waals surface area contributed by atoms with Gasteiger partial charge in [0.2, 0.25) is 5.13 Å². The number of hydrogen-bond acceptors (Lipinski definition) is 5. The highest BCUT2D eigenvalue weighted by molar-refractivity contribution is 7.15. The van der Waals surface area contributed by atoms with E-state index in [0.717, 1.165) is 10.1 Å². The van der Waals surface area contributed by atoms with Crippen LogP contribution in [0.5, 0.6) is 0 Å². The maximum atomic E-state index is 5.48. The van der Waals surface area contributed by atoms with Crippen molar-refractivity contribution in [1.82, 2.24) is 10.2 Å². The summed E-state index contributed by atoms with van der Waals surface area (Å²) in [4.78, 5) is 0. The lowest BCUT2D eigenvalue weighted by molar-refractivity contribution is 0.462. The fourth-order valence-corrected chi connectivity index (χ4v) is 2.51. The van der Waals surface area contributed by atoms with Gasteiger partial charge in [0, 0.05) is 12.6 Å². The molecule has 5 heteroatoms. The van der Waals surface area contributed by atoms with Crippen molar-refractivity contribution in [3.63, 3.8) is 0 Å². The van der Waals surface area contributed by atoms with Gasteiger partial charge in [0.1, 0.15) is 5.01 Å². The summed E-state index contributed by atoms with van der Waals surface area (Å²) < 4.78 is 0. The van der Waals surface area contributed by atoms with Crippen LogP contribution in [-0.2, 0) is 6.54 Å². The van der Waals surface area contributed by atoms with Crippen LogP contribution >= 0.6 is 11.3 Å². The molecule has 1 aliphatic rings. The Morgan fingerprint density at radius 2 is 2.07 bits per heavy atom. The Labute approximate surface area is 87.9 Å². The Morgan fingerprint density at radius 1 is 1.29 bits per heavy atom. The molecule has 1 aliphatic carbocycles. The van der Waals surface area contributed by atoms with E-state index < -0.39 is 0 Å². The minimum Gasteiger partial charge on any atom is -0.357 e. The average molecular weight is 212 g/mol. The normalized spacial score (nSPS) is 18.4. The van der Waals surface area contributed by atoms with Crippen LogP contribution in [0.2, 0.25) is 0 Å². The summed E-state index contributed by atoms with van der Waals surface area (Å²) in [5.74, 6) is 0. The predicted molar refractivity (Wildman–Crippen MR) is 58.3 cm³/mol. The number of aromatic nitrogens is 2. The third kappa shape index (κ3) is 2.42. The minimum absolute atomic E-state index is 0.490. The molecule has 4 nitrogen and oxygen atoms in total. The van der Waals surface area contributed by atoms with Crippen molar-refractivity contribution in [2.75, 3.05) is 5.32 Å². The molecule has 0 radical (unpaired) electrons. The van der Waals surface area contributed by atoms with Gasteiger partial charge in [-0.15, -0.1) is 10.2 Å². The Kier molecular flexibility index (Phi) is 3.31. The van der Waals surface area contributed by atoms with Crippen LogP contribution in [0.4, 0.5) is 5.13 Å². The van der Waals surface area contributed by atoms with Gasteiger partial charge < -0.3 is 11.1 Å². The van der Waals surface area contributed by atoms with Crippen LogP contribution < -0.4 is 11.1 Å². The van der Waals surface area contributed by atoms with E-state index in [9.17, 15) is 0 Å². The zero-order chi connectivity index (χ0) is 9.80. The summed E-state index contributed by atoms with van der Waals surface area (Å²) in [5, 5.41) is 13.3. The third-order valence-electron chi connectivity index (χ3n) is 2.57. The molecule has 1 aromatic rings. The van der Waals surface area contributed by atoms with Crippen molar-refractivity contribution in [1.29, 1.82) is 0 Å². The van der Waals surface area contributed by atoms with E-state index in [1.807, 2.05) is 0 Å². The standard InChI is InChI=1S/C9H16N4S/c10-6-8-12-13-9(14-8)11-7-4-2-1-3-5-7/h7H,1-6,10H2,(H,11,13). The molecule has 1 fully saturated rings. The quantitative estimate of drug-likeness (QED) is 0.801. The maximum Gasteiger partial charge on any atom is 0.205 e. The molecule has 0 aromatic carbocycles. The summed E-state index contributed by atoms with van der Waals surface area (Å²) in [6.07, 6.45) is 6.57. The van der Waals surface area contributed by atoms with Gasteiger partial charge >= 0.3 is 0 Å². The zero-order valence-electron chi connectivity index (χ0n) is 8.20. The van der Waals surface area contributed by atoms with Gasteiger partial charge in [-0.1, -0.05) is 30.6 Å². The molecule has 14 heavy (non-hydrogen) atoms. The molecule has 1 heterocycles. The summed E-state index contributed by atoms with van der Waals surface area (Å²) in [6, 6.07) is 0.599. The van der Waals surface area contributed by atoms with Crippen LogP contribution in [0, 0.1) is 0 Å². The second-order valence-electron chi connectivity index (χ2n) is 3.68. The van der Waals surface area contributed by atoms with Gasteiger partial charge in [-0.3, -0.25) is 0 Å². The fraction of sp³-hybridized carbons (Fsp3) is 0.778. The second kappa shape index (κ2) is 4.70. The first-order chi connectivity index (χ1) is 6.88. The second-order valence-corrected chi connectivity index (χ2v) is 4.75. The molecule has 0 unspecified atom stereocenters. The zero-order valence-corrected chi connectivity index (χ0v) is 9.02. The number of nitrogens with zero attached hydrogens (tertiary/aromatic N) is 2. The van der Waals surface area contributed by atoms with E-state index in [2.05, 4.69) is 15.5 Å². The summed E-state index contributed by atoms with van der Waals surface area (Å²) in [5.41, 5.74) is 5.48. The highest BCUT2D eigenvalue weighted by Crippen LogP contribution is 2.23. The maximum absolute atomic E-state index is 5.48. The highest BCUT2D eigenvalue weighted by Gasteiger charge is 2.14. The van der Waals surface area contributed by atoms with Gasteiger partial charge in [-0.2, -0.15) is 0 Å². The first-order valence-electron chi connectivity index (χ1n) is 5.17. The molecule has 78 valence electrons.